The normalized spacial score (nSPS) is 23.9. The molecule has 4 atom stereocenters. The monoisotopic (exact) mass is 370 g/mol. The van der Waals surface area contributed by atoms with Crippen LogP contribution < -0.4 is 21.7 Å². The molecule has 0 radical (unpaired) electrons. The van der Waals surface area contributed by atoms with E-state index >= 15 is 0 Å². The SMILES string of the molecule is CNC(CC(C)C)C(=O)NC1C=C(C(=O)NCCC(N)=O)CC(O)C1O. The summed E-state index contributed by atoms with van der Waals surface area (Å²) in [5.41, 5.74) is 5.26. The third-order valence-corrected chi connectivity index (χ3v) is 4.20. The molecule has 0 saturated carbocycles. The van der Waals surface area contributed by atoms with Gasteiger partial charge in [-0.05, 0) is 19.4 Å². The lowest BCUT2D eigenvalue weighted by Crippen LogP contribution is -2.55. The minimum absolute atomic E-state index is 0.00339. The molecule has 0 spiro atoms. The smallest absolute Gasteiger partial charge is 0.247 e. The summed E-state index contributed by atoms with van der Waals surface area (Å²) in [6.45, 7) is 4.06. The number of aliphatic hydroxyl groups is 2. The molecule has 7 N–H and O–H groups in total. The molecular formula is C17H30N4O5. The van der Waals surface area contributed by atoms with Gasteiger partial charge in [0.1, 0.15) is 6.10 Å². The predicted molar refractivity (Wildman–Crippen MR) is 95.8 cm³/mol. The summed E-state index contributed by atoms with van der Waals surface area (Å²) >= 11 is 0. The molecule has 0 aliphatic heterocycles. The zero-order valence-electron chi connectivity index (χ0n) is 15.5. The van der Waals surface area contributed by atoms with E-state index in [1.165, 1.54) is 6.08 Å². The Morgan fingerprint density at radius 1 is 1.31 bits per heavy atom. The van der Waals surface area contributed by atoms with Crippen LogP contribution in [-0.4, -0.2) is 65.8 Å². The maximum absolute atomic E-state index is 12.4. The molecular weight excluding hydrogens is 340 g/mol. The second-order valence-corrected chi connectivity index (χ2v) is 6.93. The maximum atomic E-state index is 12.4. The largest absolute Gasteiger partial charge is 0.390 e. The van der Waals surface area contributed by atoms with E-state index in [-0.39, 0.29) is 30.9 Å². The third-order valence-electron chi connectivity index (χ3n) is 4.20. The molecule has 1 aliphatic rings. The Hall–Kier alpha value is -1.97. The van der Waals surface area contributed by atoms with Crippen LogP contribution in [0, 0.1) is 5.92 Å². The van der Waals surface area contributed by atoms with Crippen LogP contribution in [0.5, 0.6) is 0 Å². The van der Waals surface area contributed by atoms with Crippen LogP contribution in [0.2, 0.25) is 0 Å². The first kappa shape index (κ1) is 22.1. The van der Waals surface area contributed by atoms with E-state index in [1.54, 1.807) is 7.05 Å². The quantitative estimate of drug-likeness (QED) is 0.280. The van der Waals surface area contributed by atoms with E-state index in [0.717, 1.165) is 0 Å². The summed E-state index contributed by atoms with van der Waals surface area (Å²) in [6.07, 6.45) is -0.381. The number of carbonyl (C=O) groups excluding carboxylic acids is 3. The van der Waals surface area contributed by atoms with Gasteiger partial charge >= 0.3 is 0 Å². The van der Waals surface area contributed by atoms with Crippen LogP contribution in [0.25, 0.3) is 0 Å². The average molecular weight is 370 g/mol. The van der Waals surface area contributed by atoms with E-state index in [9.17, 15) is 24.6 Å². The van der Waals surface area contributed by atoms with Crippen LogP contribution >= 0.6 is 0 Å². The minimum atomic E-state index is -1.21. The van der Waals surface area contributed by atoms with Crippen molar-refractivity contribution < 1.29 is 24.6 Å². The summed E-state index contributed by atoms with van der Waals surface area (Å²) < 4.78 is 0. The van der Waals surface area contributed by atoms with Crippen molar-refractivity contribution in [3.8, 4) is 0 Å². The molecule has 1 rings (SSSR count). The molecule has 148 valence electrons. The summed E-state index contributed by atoms with van der Waals surface area (Å²) in [6, 6.07) is -1.33. The first-order valence-electron chi connectivity index (χ1n) is 8.76. The number of nitrogens with one attached hydrogen (secondary N) is 3. The van der Waals surface area contributed by atoms with Crippen molar-refractivity contribution in [2.75, 3.05) is 13.6 Å². The highest BCUT2D eigenvalue weighted by molar-refractivity contribution is 5.94. The van der Waals surface area contributed by atoms with Crippen molar-refractivity contribution in [3.05, 3.63) is 11.6 Å². The number of carbonyl (C=O) groups is 3. The van der Waals surface area contributed by atoms with Crippen LogP contribution in [0.15, 0.2) is 11.6 Å². The maximum Gasteiger partial charge on any atom is 0.247 e. The molecule has 1 aliphatic carbocycles. The van der Waals surface area contributed by atoms with Gasteiger partial charge in [-0.15, -0.1) is 0 Å². The summed E-state index contributed by atoms with van der Waals surface area (Å²) in [4.78, 5) is 35.3. The van der Waals surface area contributed by atoms with Crippen molar-refractivity contribution in [2.24, 2.45) is 11.7 Å². The van der Waals surface area contributed by atoms with Crippen molar-refractivity contribution in [3.63, 3.8) is 0 Å². The highest BCUT2D eigenvalue weighted by Crippen LogP contribution is 2.20. The van der Waals surface area contributed by atoms with Gasteiger partial charge in [0.2, 0.25) is 17.7 Å². The number of rotatable bonds is 9. The molecule has 0 aromatic carbocycles. The molecule has 0 bridgehead atoms. The Bertz CT molecular complexity index is 549. The first-order valence-corrected chi connectivity index (χ1v) is 8.76. The van der Waals surface area contributed by atoms with Gasteiger partial charge in [-0.2, -0.15) is 0 Å². The fraction of sp³-hybridized carbons (Fsp3) is 0.706. The first-order chi connectivity index (χ1) is 12.1. The van der Waals surface area contributed by atoms with Crippen LogP contribution in [0.4, 0.5) is 0 Å². The second-order valence-electron chi connectivity index (χ2n) is 6.93. The average Bonchev–Trinajstić information content (AvgIpc) is 2.55. The Morgan fingerprint density at radius 3 is 2.50 bits per heavy atom. The van der Waals surface area contributed by atoms with Gasteiger partial charge < -0.3 is 31.9 Å². The Morgan fingerprint density at radius 2 is 1.96 bits per heavy atom. The molecule has 0 fully saturated rings. The standard InChI is InChI=1S/C17H30N4O5/c1-9(2)6-12(19-3)17(26)21-11-7-10(8-13(22)15(11)24)16(25)20-5-4-14(18)23/h7,9,11-13,15,19,22,24H,4-6,8H2,1-3H3,(H2,18,23)(H,20,25)(H,21,26). The van der Waals surface area contributed by atoms with Crippen molar-refractivity contribution in [2.45, 2.75) is 57.4 Å². The van der Waals surface area contributed by atoms with E-state index in [1.807, 2.05) is 13.8 Å². The molecule has 4 unspecified atom stereocenters. The number of hydrogen-bond donors (Lipinski definition) is 6. The predicted octanol–water partition coefficient (Wildman–Crippen LogP) is -1.85. The molecule has 9 heteroatoms. The zero-order valence-corrected chi connectivity index (χ0v) is 15.5. The van der Waals surface area contributed by atoms with E-state index in [2.05, 4.69) is 16.0 Å². The van der Waals surface area contributed by atoms with Gasteiger partial charge in [-0.3, -0.25) is 14.4 Å². The highest BCUT2D eigenvalue weighted by atomic mass is 16.3. The number of primary amides is 1. The summed E-state index contributed by atoms with van der Waals surface area (Å²) in [5.74, 6) is -1.03. The number of amides is 3. The van der Waals surface area contributed by atoms with Crippen molar-refractivity contribution >= 4 is 17.7 Å². The number of aliphatic hydroxyl groups excluding tert-OH is 2. The molecule has 0 aromatic rings. The van der Waals surface area contributed by atoms with Gasteiger partial charge in [0.25, 0.3) is 0 Å². The van der Waals surface area contributed by atoms with Gasteiger partial charge in [-0.1, -0.05) is 19.9 Å². The van der Waals surface area contributed by atoms with Crippen molar-refractivity contribution in [1.29, 1.82) is 0 Å². The van der Waals surface area contributed by atoms with E-state index in [0.29, 0.717) is 12.3 Å². The molecule has 26 heavy (non-hydrogen) atoms. The van der Waals surface area contributed by atoms with Gasteiger partial charge in [-0.25, -0.2) is 0 Å². The number of nitrogens with two attached hydrogens (primary N) is 1. The van der Waals surface area contributed by atoms with E-state index < -0.39 is 36.1 Å². The lowest BCUT2D eigenvalue weighted by Gasteiger charge is -2.32. The van der Waals surface area contributed by atoms with Gasteiger partial charge in [0.05, 0.1) is 18.2 Å². The fourth-order valence-electron chi connectivity index (χ4n) is 2.77. The summed E-state index contributed by atoms with van der Waals surface area (Å²) in [5, 5.41) is 28.3. The topological polar surface area (TPSA) is 154 Å². The van der Waals surface area contributed by atoms with Gasteiger partial charge in [0, 0.05) is 25.0 Å². The third kappa shape index (κ3) is 6.74. The van der Waals surface area contributed by atoms with Crippen LogP contribution in [0.3, 0.4) is 0 Å². The lowest BCUT2D eigenvalue weighted by atomic mass is 9.89. The van der Waals surface area contributed by atoms with E-state index in [4.69, 9.17) is 5.73 Å². The fourth-order valence-corrected chi connectivity index (χ4v) is 2.77. The van der Waals surface area contributed by atoms with Crippen LogP contribution in [-0.2, 0) is 14.4 Å². The van der Waals surface area contributed by atoms with Crippen molar-refractivity contribution in [1.82, 2.24) is 16.0 Å². The Labute approximate surface area is 153 Å². The Balaban J connectivity index is 2.79. The second kappa shape index (κ2) is 10.2. The minimum Gasteiger partial charge on any atom is -0.390 e. The molecule has 0 saturated heterocycles. The highest BCUT2D eigenvalue weighted by Gasteiger charge is 2.34. The number of likely N-dealkylation sites (N-methyl/N-ethyl adjacent to an activating group) is 1. The zero-order chi connectivity index (χ0) is 19.9. The number of hydrogen-bond acceptors (Lipinski definition) is 6. The lowest BCUT2D eigenvalue weighted by molar-refractivity contribution is -0.126. The Kier molecular flexibility index (Phi) is 8.70. The van der Waals surface area contributed by atoms with Crippen LogP contribution in [0.1, 0.15) is 33.1 Å². The summed E-state index contributed by atoms with van der Waals surface area (Å²) in [7, 11) is 1.67. The molecule has 3 amide bonds. The molecule has 9 nitrogen and oxygen atoms in total. The molecule has 0 heterocycles. The molecule has 0 aromatic heterocycles. The van der Waals surface area contributed by atoms with Gasteiger partial charge in [0.15, 0.2) is 0 Å².